The Bertz CT molecular complexity index is 963. The Morgan fingerprint density at radius 1 is 1.19 bits per heavy atom. The Morgan fingerprint density at radius 3 is 2.67 bits per heavy atom. The Labute approximate surface area is 162 Å². The summed E-state index contributed by atoms with van der Waals surface area (Å²) < 4.78 is 5.50. The number of rotatable bonds is 6. The number of nitro groups is 1. The minimum Gasteiger partial charge on any atom is -0.486 e. The summed E-state index contributed by atoms with van der Waals surface area (Å²) in [6, 6.07) is 12.0. The molecule has 0 bridgehead atoms. The van der Waals surface area contributed by atoms with Crippen molar-refractivity contribution in [3.8, 4) is 5.75 Å². The Kier molecular flexibility index (Phi) is 5.79. The average molecular weight is 406 g/mol. The number of urea groups is 1. The van der Waals surface area contributed by atoms with E-state index in [2.05, 4.69) is 20.8 Å². The quantitative estimate of drug-likeness (QED) is 0.465. The van der Waals surface area contributed by atoms with Crippen molar-refractivity contribution in [1.82, 2.24) is 10.2 Å². The molecule has 9 nitrogen and oxygen atoms in total. The van der Waals surface area contributed by atoms with Gasteiger partial charge in [-0.15, -0.1) is 10.2 Å². The van der Waals surface area contributed by atoms with Gasteiger partial charge in [0.15, 0.2) is 5.01 Å². The molecule has 0 aliphatic heterocycles. The Morgan fingerprint density at radius 2 is 1.96 bits per heavy atom. The predicted octanol–water partition coefficient (Wildman–Crippen LogP) is 4.32. The van der Waals surface area contributed by atoms with Crippen LogP contribution in [0.4, 0.5) is 21.3 Å². The smallest absolute Gasteiger partial charge is 0.325 e. The fraction of sp³-hybridized carbons (Fsp3) is 0.0625. The lowest BCUT2D eigenvalue weighted by Crippen LogP contribution is -2.19. The largest absolute Gasteiger partial charge is 0.486 e. The maximum absolute atomic E-state index is 12.0. The molecule has 3 aromatic rings. The number of non-ortho nitro benzene ring substituents is 1. The molecule has 0 spiro atoms. The lowest BCUT2D eigenvalue weighted by atomic mass is 10.3. The lowest BCUT2D eigenvalue weighted by molar-refractivity contribution is -0.384. The molecule has 0 saturated carbocycles. The van der Waals surface area contributed by atoms with Gasteiger partial charge in [-0.25, -0.2) is 4.79 Å². The maximum atomic E-state index is 12.0. The van der Waals surface area contributed by atoms with Crippen LogP contribution in [0.3, 0.4) is 0 Å². The Hall–Kier alpha value is -3.24. The fourth-order valence-electron chi connectivity index (χ4n) is 2.00. The standard InChI is InChI=1S/C16H12ClN5O4S/c17-10-2-1-3-11(8-10)18-15(23)19-16-21-20-14(27-16)9-26-13-6-4-12(5-7-13)22(24)25/h1-8H,9H2,(H2,18,19,21,23). The van der Waals surface area contributed by atoms with Gasteiger partial charge in [0, 0.05) is 22.8 Å². The summed E-state index contributed by atoms with van der Waals surface area (Å²) in [7, 11) is 0. The number of ether oxygens (including phenoxy) is 1. The number of aromatic nitrogens is 2. The zero-order chi connectivity index (χ0) is 19.2. The second-order valence-corrected chi connectivity index (χ2v) is 6.63. The van der Waals surface area contributed by atoms with Crippen molar-refractivity contribution in [3.05, 3.63) is 68.7 Å². The summed E-state index contributed by atoms with van der Waals surface area (Å²) in [5, 5.41) is 25.0. The minimum absolute atomic E-state index is 0.0181. The molecule has 0 radical (unpaired) electrons. The van der Waals surface area contributed by atoms with E-state index in [0.717, 1.165) is 11.3 Å². The molecule has 2 amide bonds. The van der Waals surface area contributed by atoms with Crippen LogP contribution >= 0.6 is 22.9 Å². The minimum atomic E-state index is -0.485. The highest BCUT2D eigenvalue weighted by Gasteiger charge is 2.10. The van der Waals surface area contributed by atoms with Gasteiger partial charge in [0.05, 0.1) is 4.92 Å². The SMILES string of the molecule is O=C(Nc1cccc(Cl)c1)Nc1nnc(COc2ccc([N+](=O)[O-])cc2)s1. The molecule has 0 saturated heterocycles. The molecule has 2 N–H and O–H groups in total. The number of hydrogen-bond acceptors (Lipinski definition) is 7. The molecular weight excluding hydrogens is 394 g/mol. The second kappa shape index (κ2) is 8.43. The molecule has 11 heteroatoms. The number of carbonyl (C=O) groups is 1. The molecule has 0 aliphatic carbocycles. The van der Waals surface area contributed by atoms with Crippen molar-refractivity contribution in [2.24, 2.45) is 0 Å². The van der Waals surface area contributed by atoms with Crippen LogP contribution in [0.5, 0.6) is 5.75 Å². The summed E-state index contributed by atoms with van der Waals surface area (Å²) in [6.45, 7) is 0.118. The molecule has 0 atom stereocenters. The normalized spacial score (nSPS) is 10.3. The number of nitro benzene ring substituents is 1. The highest BCUT2D eigenvalue weighted by atomic mass is 35.5. The van der Waals surface area contributed by atoms with Crippen LogP contribution in [0.25, 0.3) is 0 Å². The van der Waals surface area contributed by atoms with Crippen molar-refractivity contribution >= 4 is 45.5 Å². The zero-order valence-corrected chi connectivity index (χ0v) is 15.2. The topological polar surface area (TPSA) is 119 Å². The number of nitrogens with one attached hydrogen (secondary N) is 2. The molecule has 2 aromatic carbocycles. The van der Waals surface area contributed by atoms with Crippen molar-refractivity contribution < 1.29 is 14.5 Å². The van der Waals surface area contributed by atoms with E-state index >= 15 is 0 Å². The van der Waals surface area contributed by atoms with Gasteiger partial charge in [-0.05, 0) is 30.3 Å². The van der Waals surface area contributed by atoms with Gasteiger partial charge in [0.2, 0.25) is 5.13 Å². The van der Waals surface area contributed by atoms with Gasteiger partial charge in [-0.2, -0.15) is 0 Å². The van der Waals surface area contributed by atoms with E-state index in [4.69, 9.17) is 16.3 Å². The number of nitrogens with zero attached hydrogens (tertiary/aromatic N) is 3. The number of halogens is 1. The first-order valence-electron chi connectivity index (χ1n) is 7.53. The summed E-state index contributed by atoms with van der Waals surface area (Å²) in [6.07, 6.45) is 0. The molecule has 0 fully saturated rings. The molecule has 3 rings (SSSR count). The van der Waals surface area contributed by atoms with Gasteiger partial charge in [-0.1, -0.05) is 29.0 Å². The lowest BCUT2D eigenvalue weighted by Gasteiger charge is -2.05. The van der Waals surface area contributed by atoms with Crippen molar-refractivity contribution in [2.45, 2.75) is 6.61 Å². The van der Waals surface area contributed by atoms with E-state index in [-0.39, 0.29) is 12.3 Å². The third-order valence-electron chi connectivity index (χ3n) is 3.18. The maximum Gasteiger partial charge on any atom is 0.325 e. The number of amides is 2. The van der Waals surface area contributed by atoms with Crippen LogP contribution in [-0.4, -0.2) is 21.2 Å². The van der Waals surface area contributed by atoms with Gasteiger partial charge in [0.25, 0.3) is 5.69 Å². The molecule has 0 unspecified atom stereocenters. The summed E-state index contributed by atoms with van der Waals surface area (Å²) >= 11 is 7.01. The first-order valence-corrected chi connectivity index (χ1v) is 8.72. The van der Waals surface area contributed by atoms with E-state index in [9.17, 15) is 14.9 Å². The number of anilines is 2. The van der Waals surface area contributed by atoms with Crippen LogP contribution in [0.15, 0.2) is 48.5 Å². The number of hydrogen-bond donors (Lipinski definition) is 2. The van der Waals surface area contributed by atoms with E-state index in [1.807, 2.05) is 0 Å². The summed E-state index contributed by atoms with van der Waals surface area (Å²) in [5.74, 6) is 0.462. The van der Waals surface area contributed by atoms with Gasteiger partial charge >= 0.3 is 6.03 Å². The van der Waals surface area contributed by atoms with Gasteiger partial charge in [-0.3, -0.25) is 15.4 Å². The van der Waals surface area contributed by atoms with E-state index in [1.165, 1.54) is 24.3 Å². The fourth-order valence-corrected chi connectivity index (χ4v) is 2.84. The molecule has 27 heavy (non-hydrogen) atoms. The molecule has 1 heterocycles. The van der Waals surface area contributed by atoms with Crippen LogP contribution in [0.1, 0.15) is 5.01 Å². The van der Waals surface area contributed by atoms with Crippen molar-refractivity contribution in [2.75, 3.05) is 10.6 Å². The average Bonchev–Trinajstić information content (AvgIpc) is 3.07. The molecular formula is C16H12ClN5O4S. The first kappa shape index (κ1) is 18.5. The number of benzene rings is 2. The van der Waals surface area contributed by atoms with E-state index < -0.39 is 11.0 Å². The summed E-state index contributed by atoms with van der Waals surface area (Å²) in [4.78, 5) is 22.1. The highest BCUT2D eigenvalue weighted by molar-refractivity contribution is 7.15. The summed E-state index contributed by atoms with van der Waals surface area (Å²) in [5.41, 5.74) is 0.529. The van der Waals surface area contributed by atoms with Crippen molar-refractivity contribution in [3.63, 3.8) is 0 Å². The third-order valence-corrected chi connectivity index (χ3v) is 4.23. The van der Waals surface area contributed by atoms with Crippen LogP contribution in [-0.2, 0) is 6.61 Å². The van der Waals surface area contributed by atoms with Gasteiger partial charge in [0.1, 0.15) is 12.4 Å². The molecule has 138 valence electrons. The molecule has 1 aromatic heterocycles. The van der Waals surface area contributed by atoms with Crippen LogP contribution in [0, 0.1) is 10.1 Å². The first-order chi connectivity index (χ1) is 13.0. The predicted molar refractivity (Wildman–Crippen MR) is 101 cm³/mol. The zero-order valence-electron chi connectivity index (χ0n) is 13.6. The van der Waals surface area contributed by atoms with Crippen molar-refractivity contribution in [1.29, 1.82) is 0 Å². The van der Waals surface area contributed by atoms with E-state index in [0.29, 0.717) is 26.6 Å². The van der Waals surface area contributed by atoms with E-state index in [1.54, 1.807) is 24.3 Å². The van der Waals surface area contributed by atoms with Crippen LogP contribution in [0.2, 0.25) is 5.02 Å². The molecule has 0 aliphatic rings. The number of carbonyl (C=O) groups excluding carboxylic acids is 1. The monoisotopic (exact) mass is 405 g/mol. The highest BCUT2D eigenvalue weighted by Crippen LogP contribution is 2.21. The Balaban J connectivity index is 1.52. The van der Waals surface area contributed by atoms with Crippen LogP contribution < -0.4 is 15.4 Å². The third kappa shape index (κ3) is 5.36. The second-order valence-electron chi connectivity index (χ2n) is 5.13. The van der Waals surface area contributed by atoms with Gasteiger partial charge < -0.3 is 10.1 Å².